The Balaban J connectivity index is 1.91. The second-order valence-electron chi connectivity index (χ2n) is 4.52. The molecule has 2 aromatic rings. The highest BCUT2D eigenvalue weighted by atomic mass is 79.9. The van der Waals surface area contributed by atoms with Crippen molar-refractivity contribution >= 4 is 27.3 Å². The van der Waals surface area contributed by atoms with Crippen molar-refractivity contribution in [3.63, 3.8) is 0 Å². The Morgan fingerprint density at radius 3 is 2.61 bits per heavy atom. The molecule has 94 valence electrons. The fourth-order valence-corrected chi connectivity index (χ4v) is 3.17. The predicted molar refractivity (Wildman–Crippen MR) is 76.8 cm³/mol. The molecule has 0 spiro atoms. The van der Waals surface area contributed by atoms with Crippen molar-refractivity contribution < 1.29 is 4.74 Å². The molecule has 3 nitrogen and oxygen atoms in total. The van der Waals surface area contributed by atoms with Crippen molar-refractivity contribution in [3.05, 3.63) is 39.8 Å². The molecular formula is C13H13BrN2OS. The van der Waals surface area contributed by atoms with E-state index in [1.165, 1.54) is 0 Å². The quantitative estimate of drug-likeness (QED) is 0.944. The lowest BCUT2D eigenvalue weighted by Crippen LogP contribution is -2.52. The maximum atomic E-state index is 5.85. The molecule has 5 heteroatoms. The van der Waals surface area contributed by atoms with Gasteiger partial charge in [0.2, 0.25) is 0 Å². The van der Waals surface area contributed by atoms with Gasteiger partial charge in [-0.1, -0.05) is 28.1 Å². The molecular weight excluding hydrogens is 312 g/mol. The summed E-state index contributed by atoms with van der Waals surface area (Å²) in [6.45, 7) is 1.97. The van der Waals surface area contributed by atoms with Gasteiger partial charge >= 0.3 is 0 Å². The standard InChI is InChI=1S/C13H13BrN2OS/c14-10-3-1-9(2-4-10)12-16-11(5-18-12)13(6-15)7-17-8-13/h1-5H,6-8,15H2. The average molecular weight is 325 g/mol. The topological polar surface area (TPSA) is 48.1 Å². The Labute approximate surface area is 118 Å². The lowest BCUT2D eigenvalue weighted by Gasteiger charge is -2.39. The molecule has 0 bridgehead atoms. The Morgan fingerprint density at radius 2 is 2.06 bits per heavy atom. The summed E-state index contributed by atoms with van der Waals surface area (Å²) in [5.74, 6) is 0. The number of ether oxygens (including phenoxy) is 1. The van der Waals surface area contributed by atoms with E-state index in [-0.39, 0.29) is 5.41 Å². The first-order valence-electron chi connectivity index (χ1n) is 5.73. The minimum atomic E-state index is -0.0515. The van der Waals surface area contributed by atoms with Crippen molar-refractivity contribution in [1.82, 2.24) is 4.98 Å². The number of rotatable bonds is 3. The van der Waals surface area contributed by atoms with Gasteiger partial charge in [-0.05, 0) is 12.1 Å². The van der Waals surface area contributed by atoms with Gasteiger partial charge in [-0.15, -0.1) is 11.3 Å². The third-order valence-corrected chi connectivity index (χ3v) is 4.71. The Hall–Kier alpha value is -0.750. The molecule has 0 amide bonds. The van der Waals surface area contributed by atoms with E-state index in [2.05, 4.69) is 33.4 Å². The number of nitrogens with two attached hydrogens (primary N) is 1. The fourth-order valence-electron chi connectivity index (χ4n) is 1.96. The number of benzene rings is 1. The Bertz CT molecular complexity index is 543. The van der Waals surface area contributed by atoms with Gasteiger partial charge in [0.15, 0.2) is 0 Å². The van der Waals surface area contributed by atoms with Gasteiger partial charge in [-0.25, -0.2) is 4.98 Å². The predicted octanol–water partition coefficient (Wildman–Crippen LogP) is 2.80. The van der Waals surface area contributed by atoms with Gasteiger partial charge in [-0.2, -0.15) is 0 Å². The monoisotopic (exact) mass is 324 g/mol. The summed E-state index contributed by atoms with van der Waals surface area (Å²) in [6.07, 6.45) is 0. The van der Waals surface area contributed by atoms with Gasteiger partial charge in [0.05, 0.1) is 24.3 Å². The minimum absolute atomic E-state index is 0.0515. The molecule has 1 aromatic heterocycles. The van der Waals surface area contributed by atoms with Crippen molar-refractivity contribution in [3.8, 4) is 10.6 Å². The molecule has 1 saturated heterocycles. The fraction of sp³-hybridized carbons (Fsp3) is 0.308. The van der Waals surface area contributed by atoms with E-state index < -0.39 is 0 Å². The van der Waals surface area contributed by atoms with Crippen LogP contribution in [0.2, 0.25) is 0 Å². The van der Waals surface area contributed by atoms with Crippen LogP contribution in [0.5, 0.6) is 0 Å². The molecule has 0 atom stereocenters. The maximum Gasteiger partial charge on any atom is 0.123 e. The van der Waals surface area contributed by atoms with Crippen LogP contribution < -0.4 is 5.73 Å². The van der Waals surface area contributed by atoms with E-state index in [0.29, 0.717) is 19.8 Å². The van der Waals surface area contributed by atoms with Crippen molar-refractivity contribution in [2.24, 2.45) is 5.73 Å². The van der Waals surface area contributed by atoms with Crippen LogP contribution in [0.4, 0.5) is 0 Å². The molecule has 0 radical (unpaired) electrons. The van der Waals surface area contributed by atoms with Crippen LogP contribution in [0.25, 0.3) is 10.6 Å². The molecule has 2 N–H and O–H groups in total. The first-order valence-corrected chi connectivity index (χ1v) is 7.40. The molecule has 0 unspecified atom stereocenters. The van der Waals surface area contributed by atoms with E-state index >= 15 is 0 Å². The zero-order valence-electron chi connectivity index (χ0n) is 9.73. The first kappa shape index (κ1) is 12.3. The van der Waals surface area contributed by atoms with Crippen LogP contribution in [0.3, 0.4) is 0 Å². The van der Waals surface area contributed by atoms with Gasteiger partial charge in [0, 0.05) is 22.0 Å². The van der Waals surface area contributed by atoms with Crippen LogP contribution in [-0.4, -0.2) is 24.7 Å². The number of halogens is 1. The van der Waals surface area contributed by atoms with E-state index in [1.807, 2.05) is 12.1 Å². The summed E-state index contributed by atoms with van der Waals surface area (Å²) in [4.78, 5) is 4.72. The van der Waals surface area contributed by atoms with Crippen LogP contribution in [0.1, 0.15) is 5.69 Å². The summed E-state index contributed by atoms with van der Waals surface area (Å²) in [5, 5.41) is 3.14. The molecule has 1 fully saturated rings. The Morgan fingerprint density at radius 1 is 1.33 bits per heavy atom. The van der Waals surface area contributed by atoms with Crippen LogP contribution in [0, 0.1) is 0 Å². The van der Waals surface area contributed by atoms with Gasteiger partial charge in [0.25, 0.3) is 0 Å². The van der Waals surface area contributed by atoms with E-state index in [1.54, 1.807) is 11.3 Å². The van der Waals surface area contributed by atoms with Gasteiger partial charge in [0.1, 0.15) is 5.01 Å². The minimum Gasteiger partial charge on any atom is -0.379 e. The molecule has 0 saturated carbocycles. The zero-order valence-corrected chi connectivity index (χ0v) is 12.1. The normalized spacial score (nSPS) is 17.4. The van der Waals surface area contributed by atoms with E-state index in [4.69, 9.17) is 15.5 Å². The second kappa shape index (κ2) is 4.74. The maximum absolute atomic E-state index is 5.85. The van der Waals surface area contributed by atoms with Crippen LogP contribution in [0.15, 0.2) is 34.1 Å². The Kier molecular flexibility index (Phi) is 3.23. The SMILES string of the molecule is NCC1(c2csc(-c3ccc(Br)cc3)n2)COC1. The van der Waals surface area contributed by atoms with E-state index in [0.717, 1.165) is 20.7 Å². The molecule has 1 aromatic carbocycles. The molecule has 0 aliphatic carbocycles. The number of nitrogens with zero attached hydrogens (tertiary/aromatic N) is 1. The van der Waals surface area contributed by atoms with Gasteiger partial charge < -0.3 is 10.5 Å². The van der Waals surface area contributed by atoms with Crippen molar-refractivity contribution in [1.29, 1.82) is 0 Å². The van der Waals surface area contributed by atoms with Crippen molar-refractivity contribution in [2.75, 3.05) is 19.8 Å². The number of hydrogen-bond donors (Lipinski definition) is 1. The molecule has 3 rings (SSSR count). The third kappa shape index (κ3) is 2.01. The lowest BCUT2D eigenvalue weighted by molar-refractivity contribution is -0.0568. The molecule has 2 heterocycles. The molecule has 1 aliphatic heterocycles. The number of hydrogen-bond acceptors (Lipinski definition) is 4. The highest BCUT2D eigenvalue weighted by Gasteiger charge is 2.41. The summed E-state index contributed by atoms with van der Waals surface area (Å²) in [6, 6.07) is 8.20. The largest absolute Gasteiger partial charge is 0.379 e. The number of thiazole rings is 1. The highest BCUT2D eigenvalue weighted by Crippen LogP contribution is 2.34. The summed E-state index contributed by atoms with van der Waals surface area (Å²) >= 11 is 5.10. The van der Waals surface area contributed by atoms with Crippen LogP contribution >= 0.6 is 27.3 Å². The third-order valence-electron chi connectivity index (χ3n) is 3.29. The average Bonchev–Trinajstić information content (AvgIpc) is 2.79. The highest BCUT2D eigenvalue weighted by molar-refractivity contribution is 9.10. The number of aromatic nitrogens is 1. The summed E-state index contributed by atoms with van der Waals surface area (Å²) < 4.78 is 6.37. The molecule has 18 heavy (non-hydrogen) atoms. The van der Waals surface area contributed by atoms with Gasteiger partial charge in [-0.3, -0.25) is 0 Å². The smallest absolute Gasteiger partial charge is 0.123 e. The van der Waals surface area contributed by atoms with E-state index in [9.17, 15) is 0 Å². The summed E-state index contributed by atoms with van der Waals surface area (Å²) in [7, 11) is 0. The van der Waals surface area contributed by atoms with Crippen molar-refractivity contribution in [2.45, 2.75) is 5.41 Å². The molecule has 1 aliphatic rings. The van der Waals surface area contributed by atoms with Crippen LogP contribution in [-0.2, 0) is 10.2 Å². The summed E-state index contributed by atoms with van der Waals surface area (Å²) in [5.41, 5.74) is 8.00. The second-order valence-corrected chi connectivity index (χ2v) is 6.30. The lowest BCUT2D eigenvalue weighted by atomic mass is 9.83. The zero-order chi connectivity index (χ0) is 12.6. The first-order chi connectivity index (χ1) is 8.73.